The summed E-state index contributed by atoms with van der Waals surface area (Å²) in [6.07, 6.45) is 1.25. The molecule has 1 rings (SSSR count). The fourth-order valence-corrected chi connectivity index (χ4v) is 4.10. The zero-order valence-electron chi connectivity index (χ0n) is 11.4. The Morgan fingerprint density at radius 1 is 1.37 bits per heavy atom. The number of rotatable bonds is 7. The van der Waals surface area contributed by atoms with Gasteiger partial charge in [0.15, 0.2) is 0 Å². The third kappa shape index (κ3) is 6.65. The van der Waals surface area contributed by atoms with Gasteiger partial charge in [0.05, 0.1) is 10.8 Å². The van der Waals surface area contributed by atoms with Crippen LogP contribution >= 0.6 is 23.4 Å². The van der Waals surface area contributed by atoms with Crippen LogP contribution in [0.4, 0.5) is 0 Å². The average molecular weight is 322 g/mol. The van der Waals surface area contributed by atoms with E-state index in [1.165, 1.54) is 18.0 Å². The molecule has 0 fully saturated rings. The van der Waals surface area contributed by atoms with Crippen LogP contribution < -0.4 is 5.32 Å². The van der Waals surface area contributed by atoms with E-state index in [4.69, 9.17) is 11.6 Å². The minimum atomic E-state index is -2.93. The van der Waals surface area contributed by atoms with E-state index in [9.17, 15) is 8.42 Å². The number of nitrogens with one attached hydrogen (secondary N) is 1. The first-order valence-electron chi connectivity index (χ1n) is 6.11. The Morgan fingerprint density at radius 3 is 2.63 bits per heavy atom. The third-order valence-corrected chi connectivity index (χ3v) is 5.26. The van der Waals surface area contributed by atoms with Gasteiger partial charge in [-0.05, 0) is 11.6 Å². The fourth-order valence-electron chi connectivity index (χ4n) is 1.46. The van der Waals surface area contributed by atoms with Gasteiger partial charge in [-0.15, -0.1) is 11.8 Å². The highest BCUT2D eigenvalue weighted by molar-refractivity contribution is 8.00. The summed E-state index contributed by atoms with van der Waals surface area (Å²) in [6, 6.07) is 6.17. The zero-order chi connectivity index (χ0) is 14.5. The van der Waals surface area contributed by atoms with E-state index in [1.807, 2.05) is 18.2 Å². The molecule has 0 atom stereocenters. The van der Waals surface area contributed by atoms with Gasteiger partial charge in [0, 0.05) is 29.5 Å². The van der Waals surface area contributed by atoms with Gasteiger partial charge in [0.25, 0.3) is 0 Å². The summed E-state index contributed by atoms with van der Waals surface area (Å²) in [5, 5.41) is 4.03. The molecule has 0 aliphatic carbocycles. The maximum absolute atomic E-state index is 11.1. The first-order valence-corrected chi connectivity index (χ1v) is 9.53. The quantitative estimate of drug-likeness (QED) is 0.784. The number of hydrogen-bond donors (Lipinski definition) is 1. The fraction of sp³-hybridized carbons (Fsp3) is 0.538. The van der Waals surface area contributed by atoms with Crippen molar-refractivity contribution in [2.75, 3.05) is 17.8 Å². The lowest BCUT2D eigenvalue weighted by molar-refractivity contribution is 0.585. The monoisotopic (exact) mass is 321 g/mol. The predicted octanol–water partition coefficient (Wildman–Crippen LogP) is 2.97. The number of sulfone groups is 1. The molecule has 0 saturated heterocycles. The molecule has 0 spiro atoms. The molecule has 6 heteroatoms. The molecule has 19 heavy (non-hydrogen) atoms. The molecule has 3 nitrogen and oxygen atoms in total. The minimum absolute atomic E-state index is 0.167. The van der Waals surface area contributed by atoms with Crippen molar-refractivity contribution in [1.82, 2.24) is 5.32 Å². The highest BCUT2D eigenvalue weighted by Gasteiger charge is 2.10. The number of halogens is 1. The molecular weight excluding hydrogens is 302 g/mol. The van der Waals surface area contributed by atoms with E-state index in [0.29, 0.717) is 16.8 Å². The number of benzene rings is 1. The van der Waals surface area contributed by atoms with Gasteiger partial charge >= 0.3 is 0 Å². The molecular formula is C13H20ClNO2S2. The molecule has 0 aliphatic heterocycles. The van der Waals surface area contributed by atoms with Gasteiger partial charge in [-0.2, -0.15) is 0 Å². The Kier molecular flexibility index (Phi) is 6.66. The molecule has 1 aromatic carbocycles. The minimum Gasteiger partial charge on any atom is -0.310 e. The molecule has 0 radical (unpaired) electrons. The van der Waals surface area contributed by atoms with Gasteiger partial charge < -0.3 is 5.32 Å². The van der Waals surface area contributed by atoms with Crippen LogP contribution in [0.25, 0.3) is 0 Å². The van der Waals surface area contributed by atoms with E-state index in [-0.39, 0.29) is 5.75 Å². The Bertz CT molecular complexity index is 515. The Labute approximate surface area is 125 Å². The smallest absolute Gasteiger partial charge is 0.148 e. The van der Waals surface area contributed by atoms with Gasteiger partial charge in [-0.3, -0.25) is 0 Å². The van der Waals surface area contributed by atoms with Gasteiger partial charge in [0.1, 0.15) is 9.84 Å². The van der Waals surface area contributed by atoms with Crippen molar-refractivity contribution in [2.24, 2.45) is 0 Å². The topological polar surface area (TPSA) is 46.2 Å². The molecule has 108 valence electrons. The Morgan fingerprint density at radius 2 is 2.05 bits per heavy atom. The second-order valence-corrected chi connectivity index (χ2v) is 8.51. The van der Waals surface area contributed by atoms with Crippen LogP contribution in [0.2, 0.25) is 5.02 Å². The van der Waals surface area contributed by atoms with Crippen LogP contribution in [0.1, 0.15) is 19.4 Å². The Hall–Kier alpha value is -0.230. The molecule has 0 aliphatic rings. The number of hydrogen-bond acceptors (Lipinski definition) is 4. The summed E-state index contributed by atoms with van der Waals surface area (Å²) in [7, 11) is -2.93. The summed E-state index contributed by atoms with van der Waals surface area (Å²) in [5.41, 5.74) is 1.11. The van der Waals surface area contributed by atoms with Crippen LogP contribution in [0.5, 0.6) is 0 Å². The van der Waals surface area contributed by atoms with Crippen LogP contribution in [0.3, 0.4) is 0 Å². The predicted molar refractivity (Wildman–Crippen MR) is 83.9 cm³/mol. The maximum Gasteiger partial charge on any atom is 0.148 e. The van der Waals surface area contributed by atoms with Crippen LogP contribution in [0, 0.1) is 0 Å². The van der Waals surface area contributed by atoms with E-state index in [1.54, 1.807) is 0 Å². The summed E-state index contributed by atoms with van der Waals surface area (Å²) in [4.78, 5) is 0.973. The normalized spacial score (nSPS) is 12.1. The Balaban J connectivity index is 2.74. The van der Waals surface area contributed by atoms with E-state index >= 15 is 0 Å². The summed E-state index contributed by atoms with van der Waals surface area (Å²) in [6.45, 7) is 4.90. The lowest BCUT2D eigenvalue weighted by Gasteiger charge is -2.13. The van der Waals surface area contributed by atoms with E-state index < -0.39 is 9.84 Å². The average Bonchev–Trinajstić information content (AvgIpc) is 2.27. The van der Waals surface area contributed by atoms with E-state index in [2.05, 4.69) is 19.2 Å². The molecule has 0 amide bonds. The summed E-state index contributed by atoms with van der Waals surface area (Å²) < 4.78 is 22.3. The van der Waals surface area contributed by atoms with E-state index in [0.717, 1.165) is 17.0 Å². The van der Waals surface area contributed by atoms with Crippen molar-refractivity contribution >= 4 is 33.2 Å². The van der Waals surface area contributed by atoms with Gasteiger partial charge in [-0.1, -0.05) is 37.6 Å². The maximum atomic E-state index is 11.1. The summed E-state index contributed by atoms with van der Waals surface area (Å²) in [5.74, 6) is 0.692. The number of thioether (sulfide) groups is 1. The van der Waals surface area contributed by atoms with Crippen molar-refractivity contribution in [2.45, 2.75) is 31.3 Å². The van der Waals surface area contributed by atoms with Crippen molar-refractivity contribution < 1.29 is 8.42 Å². The largest absolute Gasteiger partial charge is 0.310 e. The second-order valence-electron chi connectivity index (χ2n) is 4.74. The van der Waals surface area contributed by atoms with Crippen molar-refractivity contribution in [3.05, 3.63) is 28.8 Å². The lowest BCUT2D eigenvalue weighted by Crippen LogP contribution is -2.22. The molecule has 0 aromatic heterocycles. The third-order valence-electron chi connectivity index (χ3n) is 2.45. The molecule has 1 N–H and O–H groups in total. The molecule has 0 heterocycles. The van der Waals surface area contributed by atoms with Crippen molar-refractivity contribution in [3.63, 3.8) is 0 Å². The lowest BCUT2D eigenvalue weighted by atomic mass is 10.2. The van der Waals surface area contributed by atoms with Crippen LogP contribution in [0.15, 0.2) is 23.1 Å². The standard InChI is InChI=1S/C13H20ClNO2S2/c1-10(2)15-9-11-5-4-6-12(14)13(11)18-7-8-19(3,16)17/h4-6,10,15H,7-9H2,1-3H3. The first kappa shape index (κ1) is 16.8. The van der Waals surface area contributed by atoms with Crippen molar-refractivity contribution in [3.8, 4) is 0 Å². The van der Waals surface area contributed by atoms with Crippen molar-refractivity contribution in [1.29, 1.82) is 0 Å². The zero-order valence-corrected chi connectivity index (χ0v) is 13.8. The first-order chi connectivity index (χ1) is 8.79. The molecule has 0 bridgehead atoms. The second kappa shape index (κ2) is 7.53. The summed E-state index contributed by atoms with van der Waals surface area (Å²) >= 11 is 7.70. The highest BCUT2D eigenvalue weighted by Crippen LogP contribution is 2.30. The van der Waals surface area contributed by atoms with Crippen LogP contribution in [-0.4, -0.2) is 32.2 Å². The van der Waals surface area contributed by atoms with Gasteiger partial charge in [0.2, 0.25) is 0 Å². The molecule has 1 aromatic rings. The molecule has 0 saturated carbocycles. The molecule has 0 unspecified atom stereocenters. The SMILES string of the molecule is CC(C)NCc1cccc(Cl)c1SCCS(C)(=O)=O. The van der Waals surface area contributed by atoms with Gasteiger partial charge in [-0.25, -0.2) is 8.42 Å². The van der Waals surface area contributed by atoms with Crippen LogP contribution in [-0.2, 0) is 16.4 Å². The highest BCUT2D eigenvalue weighted by atomic mass is 35.5.